The molecule has 0 aliphatic carbocycles. The van der Waals surface area contributed by atoms with Gasteiger partial charge in [-0.15, -0.1) is 11.6 Å². The molecule has 0 fully saturated rings. The molecular weight excluding hydrogens is 419 g/mol. The second kappa shape index (κ2) is 7.52. The van der Waals surface area contributed by atoms with E-state index in [2.05, 4.69) is 44.0 Å². The highest BCUT2D eigenvalue weighted by Crippen LogP contribution is 2.39. The fourth-order valence-corrected chi connectivity index (χ4v) is 3.63. The van der Waals surface area contributed by atoms with Crippen LogP contribution in [0.4, 0.5) is 0 Å². The third kappa shape index (κ3) is 4.15. The van der Waals surface area contributed by atoms with Crippen LogP contribution >= 0.6 is 43.5 Å². The second-order valence-electron chi connectivity index (χ2n) is 4.53. The van der Waals surface area contributed by atoms with Crippen molar-refractivity contribution in [2.75, 3.05) is 14.2 Å². The fraction of sp³-hybridized carbons (Fsp3) is 0.250. The zero-order valence-corrected chi connectivity index (χ0v) is 15.6. The molecule has 0 saturated heterocycles. The van der Waals surface area contributed by atoms with Crippen molar-refractivity contribution in [1.29, 1.82) is 0 Å². The molecule has 1 unspecified atom stereocenters. The SMILES string of the molecule is COc1cc(Br)c(C(Cl)Cc2cccc(Br)c2)cc1OC. The Kier molecular flexibility index (Phi) is 5.97. The van der Waals surface area contributed by atoms with E-state index in [-0.39, 0.29) is 5.38 Å². The molecule has 2 aromatic carbocycles. The van der Waals surface area contributed by atoms with Crippen molar-refractivity contribution in [3.05, 3.63) is 56.5 Å². The molecule has 0 amide bonds. The Morgan fingerprint density at radius 1 is 1.05 bits per heavy atom. The van der Waals surface area contributed by atoms with Crippen LogP contribution in [0.2, 0.25) is 0 Å². The van der Waals surface area contributed by atoms with Gasteiger partial charge in [0.1, 0.15) is 0 Å². The lowest BCUT2D eigenvalue weighted by atomic mass is 10.0. The summed E-state index contributed by atoms with van der Waals surface area (Å²) in [5.41, 5.74) is 2.15. The fourth-order valence-electron chi connectivity index (χ4n) is 2.09. The van der Waals surface area contributed by atoms with Gasteiger partial charge in [-0.2, -0.15) is 0 Å². The Morgan fingerprint density at radius 2 is 1.71 bits per heavy atom. The summed E-state index contributed by atoms with van der Waals surface area (Å²) in [6.45, 7) is 0. The van der Waals surface area contributed by atoms with Crippen LogP contribution in [0, 0.1) is 0 Å². The maximum Gasteiger partial charge on any atom is 0.161 e. The van der Waals surface area contributed by atoms with Crippen molar-refractivity contribution < 1.29 is 9.47 Å². The monoisotopic (exact) mass is 432 g/mol. The van der Waals surface area contributed by atoms with Crippen LogP contribution in [0.25, 0.3) is 0 Å². The summed E-state index contributed by atoms with van der Waals surface area (Å²) in [5.74, 6) is 1.36. The van der Waals surface area contributed by atoms with Crippen molar-refractivity contribution in [2.24, 2.45) is 0 Å². The first-order chi connectivity index (χ1) is 10.0. The second-order valence-corrected chi connectivity index (χ2v) is 6.83. The topological polar surface area (TPSA) is 18.5 Å². The highest BCUT2D eigenvalue weighted by Gasteiger charge is 2.17. The van der Waals surface area contributed by atoms with E-state index in [4.69, 9.17) is 21.1 Å². The number of halogens is 3. The molecule has 0 spiro atoms. The summed E-state index contributed by atoms with van der Waals surface area (Å²) in [5, 5.41) is -0.159. The third-order valence-electron chi connectivity index (χ3n) is 3.14. The summed E-state index contributed by atoms with van der Waals surface area (Å²) in [4.78, 5) is 0. The lowest BCUT2D eigenvalue weighted by molar-refractivity contribution is 0.354. The van der Waals surface area contributed by atoms with Crippen molar-refractivity contribution in [1.82, 2.24) is 0 Å². The van der Waals surface area contributed by atoms with Gasteiger partial charge < -0.3 is 9.47 Å². The average molecular weight is 435 g/mol. The van der Waals surface area contributed by atoms with Gasteiger partial charge in [0.15, 0.2) is 11.5 Å². The van der Waals surface area contributed by atoms with Crippen molar-refractivity contribution in [3.8, 4) is 11.5 Å². The van der Waals surface area contributed by atoms with Crippen LogP contribution in [-0.4, -0.2) is 14.2 Å². The number of rotatable bonds is 5. The van der Waals surface area contributed by atoms with Gasteiger partial charge in [-0.1, -0.05) is 44.0 Å². The summed E-state index contributed by atoms with van der Waals surface area (Å²) in [6.07, 6.45) is 0.731. The Balaban J connectivity index is 2.28. The Hall–Kier alpha value is -0.710. The van der Waals surface area contributed by atoms with Crippen molar-refractivity contribution >= 4 is 43.5 Å². The van der Waals surface area contributed by atoms with Crippen LogP contribution in [0.15, 0.2) is 45.3 Å². The molecule has 112 valence electrons. The van der Waals surface area contributed by atoms with E-state index < -0.39 is 0 Å². The summed E-state index contributed by atoms with van der Waals surface area (Å²) >= 11 is 13.6. The number of ether oxygens (including phenoxy) is 2. The van der Waals surface area contributed by atoms with E-state index in [9.17, 15) is 0 Å². The first-order valence-corrected chi connectivity index (χ1v) is 8.37. The predicted molar refractivity (Wildman–Crippen MR) is 93.7 cm³/mol. The van der Waals surface area contributed by atoms with E-state index >= 15 is 0 Å². The molecule has 5 heteroatoms. The Labute approximate surface area is 146 Å². The number of methoxy groups -OCH3 is 2. The Morgan fingerprint density at radius 3 is 2.33 bits per heavy atom. The van der Waals surface area contributed by atoms with Crippen LogP contribution in [0.1, 0.15) is 16.5 Å². The molecule has 0 aliphatic heterocycles. The van der Waals surface area contributed by atoms with Gasteiger partial charge in [-0.25, -0.2) is 0 Å². The van der Waals surface area contributed by atoms with Gasteiger partial charge in [-0.3, -0.25) is 0 Å². The molecule has 2 aromatic rings. The zero-order chi connectivity index (χ0) is 15.4. The first kappa shape index (κ1) is 16.7. The maximum atomic E-state index is 6.58. The number of hydrogen-bond acceptors (Lipinski definition) is 2. The first-order valence-electron chi connectivity index (χ1n) is 6.35. The molecule has 21 heavy (non-hydrogen) atoms. The Bertz CT molecular complexity index is 632. The van der Waals surface area contributed by atoms with Crippen LogP contribution in [0.5, 0.6) is 11.5 Å². The standard InChI is InChI=1S/C16H15Br2ClO2/c1-20-15-8-12(13(18)9-16(15)21-2)14(19)7-10-4-3-5-11(17)6-10/h3-6,8-9,14H,7H2,1-2H3. The molecule has 2 rings (SSSR count). The molecule has 0 heterocycles. The number of hydrogen-bond donors (Lipinski definition) is 0. The molecule has 1 atom stereocenters. The summed E-state index contributed by atoms with van der Waals surface area (Å²) in [6, 6.07) is 11.9. The molecule has 0 radical (unpaired) electrons. The van der Waals surface area contributed by atoms with Gasteiger partial charge in [0, 0.05) is 8.95 Å². The molecule has 2 nitrogen and oxygen atoms in total. The van der Waals surface area contributed by atoms with Crippen molar-refractivity contribution in [3.63, 3.8) is 0 Å². The molecule has 0 saturated carbocycles. The van der Waals surface area contributed by atoms with Crippen LogP contribution in [-0.2, 0) is 6.42 Å². The minimum atomic E-state index is -0.159. The van der Waals surface area contributed by atoms with E-state index in [1.807, 2.05) is 24.3 Å². The van der Waals surface area contributed by atoms with E-state index in [0.717, 1.165) is 20.9 Å². The smallest absolute Gasteiger partial charge is 0.161 e. The van der Waals surface area contributed by atoms with E-state index in [0.29, 0.717) is 11.5 Å². The maximum absolute atomic E-state index is 6.58. The highest BCUT2D eigenvalue weighted by molar-refractivity contribution is 9.10. The normalized spacial score (nSPS) is 12.0. The van der Waals surface area contributed by atoms with Gasteiger partial charge in [0.2, 0.25) is 0 Å². The van der Waals surface area contributed by atoms with Crippen LogP contribution in [0.3, 0.4) is 0 Å². The van der Waals surface area contributed by atoms with Crippen LogP contribution < -0.4 is 9.47 Å². The summed E-state index contributed by atoms with van der Waals surface area (Å²) in [7, 11) is 3.23. The molecule has 0 aromatic heterocycles. The average Bonchev–Trinajstić information content (AvgIpc) is 2.46. The number of alkyl halides is 1. The van der Waals surface area contributed by atoms with Gasteiger partial charge in [-0.05, 0) is 41.8 Å². The summed E-state index contributed by atoms with van der Waals surface area (Å²) < 4.78 is 12.6. The minimum absolute atomic E-state index is 0.159. The van der Waals surface area contributed by atoms with E-state index in [1.54, 1.807) is 14.2 Å². The highest BCUT2D eigenvalue weighted by atomic mass is 79.9. The minimum Gasteiger partial charge on any atom is -0.493 e. The molecule has 0 bridgehead atoms. The zero-order valence-electron chi connectivity index (χ0n) is 11.7. The van der Waals surface area contributed by atoms with Gasteiger partial charge >= 0.3 is 0 Å². The predicted octanol–water partition coefficient (Wildman–Crippen LogP) is 5.75. The lowest BCUT2D eigenvalue weighted by Crippen LogP contribution is -1.99. The quantitative estimate of drug-likeness (QED) is 0.558. The number of benzene rings is 2. The lowest BCUT2D eigenvalue weighted by Gasteiger charge is -2.16. The molecular formula is C16H15Br2ClO2. The molecule has 0 aliphatic rings. The molecule has 0 N–H and O–H groups in total. The van der Waals surface area contributed by atoms with Gasteiger partial charge in [0.25, 0.3) is 0 Å². The largest absolute Gasteiger partial charge is 0.493 e. The van der Waals surface area contributed by atoms with Crippen molar-refractivity contribution in [2.45, 2.75) is 11.8 Å². The third-order valence-corrected chi connectivity index (χ3v) is 4.71. The van der Waals surface area contributed by atoms with E-state index in [1.165, 1.54) is 5.56 Å². The van der Waals surface area contributed by atoms with Gasteiger partial charge in [0.05, 0.1) is 19.6 Å².